The summed E-state index contributed by atoms with van der Waals surface area (Å²) < 4.78 is 5.82. The van der Waals surface area contributed by atoms with Crippen LogP contribution in [0.3, 0.4) is 0 Å². The molecule has 2 unspecified atom stereocenters. The van der Waals surface area contributed by atoms with Gasteiger partial charge in [-0.1, -0.05) is 44.2 Å². The zero-order valence-corrected chi connectivity index (χ0v) is 19.4. The van der Waals surface area contributed by atoms with E-state index in [1.807, 2.05) is 18.2 Å². The number of hydrogen-bond acceptors (Lipinski definition) is 3. The summed E-state index contributed by atoms with van der Waals surface area (Å²) in [5, 5.41) is 6.87. The summed E-state index contributed by atoms with van der Waals surface area (Å²) in [5.41, 5.74) is 1.22. The molecule has 0 amide bonds. The van der Waals surface area contributed by atoms with Gasteiger partial charge in [0.1, 0.15) is 0 Å². The summed E-state index contributed by atoms with van der Waals surface area (Å²) in [4.78, 5) is 7.26. The molecule has 6 heteroatoms. The smallest absolute Gasteiger partial charge is 0.191 e. The maximum Gasteiger partial charge on any atom is 0.191 e. The molecule has 1 heterocycles. The van der Waals surface area contributed by atoms with Crippen LogP contribution in [0.1, 0.15) is 32.8 Å². The van der Waals surface area contributed by atoms with E-state index in [-0.39, 0.29) is 24.0 Å². The van der Waals surface area contributed by atoms with Gasteiger partial charge in [0.15, 0.2) is 5.96 Å². The van der Waals surface area contributed by atoms with E-state index < -0.39 is 0 Å². The van der Waals surface area contributed by atoms with Gasteiger partial charge < -0.3 is 20.3 Å². The molecule has 27 heavy (non-hydrogen) atoms. The van der Waals surface area contributed by atoms with E-state index in [2.05, 4.69) is 48.4 Å². The van der Waals surface area contributed by atoms with Crippen LogP contribution >= 0.6 is 24.0 Å². The number of nitrogens with zero attached hydrogens (tertiary/aromatic N) is 2. The van der Waals surface area contributed by atoms with Crippen molar-refractivity contribution in [3.8, 4) is 0 Å². The van der Waals surface area contributed by atoms with Crippen LogP contribution in [-0.4, -0.2) is 56.7 Å². The number of nitrogens with one attached hydrogen (secondary N) is 2. The molecule has 2 atom stereocenters. The number of benzene rings is 1. The predicted octanol–water partition coefficient (Wildman–Crippen LogP) is 3.35. The number of aliphatic imine (C=N–C) groups is 1. The Labute approximate surface area is 182 Å². The van der Waals surface area contributed by atoms with Crippen LogP contribution in [0.5, 0.6) is 0 Å². The average molecular weight is 488 g/mol. The van der Waals surface area contributed by atoms with Gasteiger partial charge in [0, 0.05) is 26.2 Å². The Morgan fingerprint density at radius 3 is 2.70 bits per heavy atom. The van der Waals surface area contributed by atoms with Crippen LogP contribution in [0.4, 0.5) is 0 Å². The van der Waals surface area contributed by atoms with Crippen LogP contribution in [0, 0.1) is 11.8 Å². The summed E-state index contributed by atoms with van der Waals surface area (Å²) in [6, 6.07) is 10.3. The zero-order valence-electron chi connectivity index (χ0n) is 17.1. The van der Waals surface area contributed by atoms with Gasteiger partial charge in [-0.2, -0.15) is 0 Å². The first-order valence-corrected chi connectivity index (χ1v) is 10.1. The monoisotopic (exact) mass is 488 g/mol. The fourth-order valence-corrected chi connectivity index (χ4v) is 3.20. The van der Waals surface area contributed by atoms with Crippen molar-refractivity contribution in [2.24, 2.45) is 16.8 Å². The maximum absolute atomic E-state index is 5.82. The van der Waals surface area contributed by atoms with E-state index in [4.69, 9.17) is 9.73 Å². The summed E-state index contributed by atoms with van der Waals surface area (Å²) >= 11 is 0. The highest BCUT2D eigenvalue weighted by Gasteiger charge is 2.20. The van der Waals surface area contributed by atoms with Crippen LogP contribution in [0.15, 0.2) is 35.3 Å². The SMILES string of the molecule is CCNC(=NCC(C)COCc1ccccc1)NCC1CCN(CC)C1.I. The fourth-order valence-electron chi connectivity index (χ4n) is 3.20. The molecule has 2 N–H and O–H groups in total. The minimum atomic E-state index is 0. The van der Waals surface area contributed by atoms with Crippen LogP contribution in [0.2, 0.25) is 0 Å². The first kappa shape index (κ1) is 24.2. The lowest BCUT2D eigenvalue weighted by Crippen LogP contribution is -2.40. The molecule has 0 radical (unpaired) electrons. The summed E-state index contributed by atoms with van der Waals surface area (Å²) in [6.45, 7) is 14.2. The molecular weight excluding hydrogens is 451 g/mol. The third kappa shape index (κ3) is 9.76. The highest BCUT2D eigenvalue weighted by Crippen LogP contribution is 2.14. The Bertz CT molecular complexity index is 526. The van der Waals surface area contributed by atoms with Gasteiger partial charge in [0.05, 0.1) is 13.2 Å². The Morgan fingerprint density at radius 2 is 2.04 bits per heavy atom. The molecule has 0 aromatic heterocycles. The Balaban J connectivity index is 0.00000364. The Kier molecular flexibility index (Phi) is 12.7. The average Bonchev–Trinajstić information content (AvgIpc) is 3.13. The zero-order chi connectivity index (χ0) is 18.6. The minimum absolute atomic E-state index is 0. The first-order chi connectivity index (χ1) is 12.7. The van der Waals surface area contributed by atoms with Gasteiger partial charge in [0.25, 0.3) is 0 Å². The molecule has 1 aromatic rings. The molecule has 1 saturated heterocycles. The molecule has 0 saturated carbocycles. The van der Waals surface area contributed by atoms with Crippen molar-refractivity contribution in [2.75, 3.05) is 45.9 Å². The second kappa shape index (κ2) is 14.2. The van der Waals surface area contributed by atoms with Crippen molar-refractivity contribution in [2.45, 2.75) is 33.8 Å². The number of ether oxygens (including phenoxy) is 1. The third-order valence-corrected chi connectivity index (χ3v) is 4.79. The Hall–Kier alpha value is -0.860. The summed E-state index contributed by atoms with van der Waals surface area (Å²) in [5.74, 6) is 2.05. The van der Waals surface area contributed by atoms with Crippen molar-refractivity contribution in [3.05, 3.63) is 35.9 Å². The van der Waals surface area contributed by atoms with Crippen molar-refractivity contribution >= 4 is 29.9 Å². The third-order valence-electron chi connectivity index (χ3n) is 4.79. The van der Waals surface area contributed by atoms with Gasteiger partial charge in [-0.3, -0.25) is 4.99 Å². The topological polar surface area (TPSA) is 48.9 Å². The number of hydrogen-bond donors (Lipinski definition) is 2. The van der Waals surface area contributed by atoms with Crippen molar-refractivity contribution in [1.29, 1.82) is 0 Å². The van der Waals surface area contributed by atoms with Crippen molar-refractivity contribution in [1.82, 2.24) is 15.5 Å². The van der Waals surface area contributed by atoms with Crippen molar-refractivity contribution in [3.63, 3.8) is 0 Å². The van der Waals surface area contributed by atoms with Crippen LogP contribution in [-0.2, 0) is 11.3 Å². The molecule has 0 bridgehead atoms. The summed E-state index contributed by atoms with van der Waals surface area (Å²) in [6.07, 6.45) is 1.28. The molecule has 1 aliphatic rings. The normalized spacial score (nSPS) is 18.8. The van der Waals surface area contributed by atoms with E-state index >= 15 is 0 Å². The molecule has 5 nitrogen and oxygen atoms in total. The van der Waals surface area contributed by atoms with Crippen LogP contribution in [0.25, 0.3) is 0 Å². The first-order valence-electron chi connectivity index (χ1n) is 10.1. The minimum Gasteiger partial charge on any atom is -0.376 e. The number of rotatable bonds is 10. The number of halogens is 1. The largest absolute Gasteiger partial charge is 0.376 e. The van der Waals surface area contributed by atoms with E-state index in [1.54, 1.807) is 0 Å². The molecule has 2 rings (SSSR count). The van der Waals surface area contributed by atoms with Crippen LogP contribution < -0.4 is 10.6 Å². The highest BCUT2D eigenvalue weighted by atomic mass is 127. The van der Waals surface area contributed by atoms with Gasteiger partial charge >= 0.3 is 0 Å². The van der Waals surface area contributed by atoms with E-state index in [9.17, 15) is 0 Å². The molecule has 0 spiro atoms. The summed E-state index contributed by atoms with van der Waals surface area (Å²) in [7, 11) is 0. The lowest BCUT2D eigenvalue weighted by molar-refractivity contribution is 0.0945. The standard InChI is InChI=1S/C21H36N4O.HI/c1-4-22-21(24-14-20-11-12-25(5-2)15-20)23-13-18(3)16-26-17-19-9-7-6-8-10-19;/h6-10,18,20H,4-5,11-17H2,1-3H3,(H2,22,23,24);1H. The van der Waals surface area contributed by atoms with Gasteiger partial charge in [-0.15, -0.1) is 24.0 Å². The predicted molar refractivity (Wildman–Crippen MR) is 125 cm³/mol. The van der Waals surface area contributed by atoms with Gasteiger partial charge in [0.2, 0.25) is 0 Å². The lowest BCUT2D eigenvalue weighted by atomic mass is 10.1. The number of likely N-dealkylation sites (tertiary alicyclic amines) is 1. The molecule has 1 aliphatic heterocycles. The second-order valence-electron chi connectivity index (χ2n) is 7.25. The molecule has 0 aliphatic carbocycles. The van der Waals surface area contributed by atoms with Crippen molar-refractivity contribution < 1.29 is 4.74 Å². The fraction of sp³-hybridized carbons (Fsp3) is 0.667. The van der Waals surface area contributed by atoms with Gasteiger partial charge in [-0.05, 0) is 43.8 Å². The lowest BCUT2D eigenvalue weighted by Gasteiger charge is -2.17. The molecular formula is C21H37IN4O. The van der Waals surface area contributed by atoms with E-state index in [0.29, 0.717) is 12.5 Å². The molecule has 154 valence electrons. The van der Waals surface area contributed by atoms with Gasteiger partial charge in [-0.25, -0.2) is 0 Å². The molecule has 1 fully saturated rings. The quantitative estimate of drug-likeness (QED) is 0.301. The number of guanidine groups is 1. The Morgan fingerprint density at radius 1 is 1.26 bits per heavy atom. The second-order valence-corrected chi connectivity index (χ2v) is 7.25. The maximum atomic E-state index is 5.82. The van der Waals surface area contributed by atoms with E-state index in [0.717, 1.165) is 44.7 Å². The van der Waals surface area contributed by atoms with E-state index in [1.165, 1.54) is 25.1 Å². The highest BCUT2D eigenvalue weighted by molar-refractivity contribution is 14.0. The molecule has 1 aromatic carbocycles.